The van der Waals surface area contributed by atoms with E-state index in [1.54, 1.807) is 0 Å². The number of anilines is 1. The van der Waals surface area contributed by atoms with Crippen molar-refractivity contribution in [1.82, 2.24) is 14.8 Å². The molecule has 0 bridgehead atoms. The average Bonchev–Trinajstić information content (AvgIpc) is 3.25. The van der Waals surface area contributed by atoms with E-state index < -0.39 is 0 Å². The van der Waals surface area contributed by atoms with E-state index in [0.29, 0.717) is 16.8 Å². The van der Waals surface area contributed by atoms with Crippen LogP contribution in [0.1, 0.15) is 29.9 Å². The second kappa shape index (κ2) is 10.8. The maximum absolute atomic E-state index is 13.3. The predicted molar refractivity (Wildman–Crippen MR) is 145 cm³/mol. The second-order valence-corrected chi connectivity index (χ2v) is 10.7. The predicted octanol–water partition coefficient (Wildman–Crippen LogP) is 5.83. The molecule has 2 fully saturated rings. The Labute approximate surface area is 222 Å². The topological polar surface area (TPSA) is 52.8 Å². The second-order valence-electron chi connectivity index (χ2n) is 9.83. The molecule has 2 aromatic carbocycles. The normalized spacial score (nSPS) is 17.6. The lowest BCUT2D eigenvalue weighted by atomic mass is 9.94. The molecule has 2 saturated heterocycles. The summed E-state index contributed by atoms with van der Waals surface area (Å²) < 4.78 is 5.92. The van der Waals surface area contributed by atoms with Crippen LogP contribution in [-0.2, 0) is 11.3 Å². The molecular weight excluding hydrogens is 495 g/mol. The number of piperidine rings is 1. The third kappa shape index (κ3) is 5.56. The van der Waals surface area contributed by atoms with Crippen molar-refractivity contribution in [2.75, 3.05) is 44.2 Å². The SMILES string of the molecule is Cc1ccc(Cl)cc1N1CCN(C(=O)C2CCN(Cc3nc(-c4cccc(Cl)c4)oc3C)CC2)CC1. The minimum absolute atomic E-state index is 0.0983. The van der Waals surface area contributed by atoms with Crippen LogP contribution in [0.4, 0.5) is 5.69 Å². The lowest BCUT2D eigenvalue weighted by molar-refractivity contribution is -0.137. The Bertz CT molecular complexity index is 1230. The lowest BCUT2D eigenvalue weighted by Gasteiger charge is -2.39. The summed E-state index contributed by atoms with van der Waals surface area (Å²) in [7, 11) is 0. The Balaban J connectivity index is 1.12. The minimum Gasteiger partial charge on any atom is -0.441 e. The number of likely N-dealkylation sites (tertiary alicyclic amines) is 1. The molecule has 0 unspecified atom stereocenters. The van der Waals surface area contributed by atoms with Crippen LogP contribution in [0.3, 0.4) is 0 Å². The number of amides is 1. The lowest BCUT2D eigenvalue weighted by Crippen LogP contribution is -2.51. The van der Waals surface area contributed by atoms with E-state index in [4.69, 9.17) is 32.6 Å². The van der Waals surface area contributed by atoms with Crippen LogP contribution in [0.5, 0.6) is 0 Å². The minimum atomic E-state index is 0.0983. The molecule has 36 heavy (non-hydrogen) atoms. The highest BCUT2D eigenvalue weighted by molar-refractivity contribution is 6.31. The van der Waals surface area contributed by atoms with Crippen molar-refractivity contribution in [3.8, 4) is 11.5 Å². The zero-order chi connectivity index (χ0) is 25.2. The summed E-state index contributed by atoms with van der Waals surface area (Å²) in [6, 6.07) is 13.6. The highest BCUT2D eigenvalue weighted by atomic mass is 35.5. The van der Waals surface area contributed by atoms with Gasteiger partial charge in [-0.3, -0.25) is 9.69 Å². The molecule has 1 amide bonds. The fourth-order valence-electron chi connectivity index (χ4n) is 5.22. The van der Waals surface area contributed by atoms with Gasteiger partial charge in [0.15, 0.2) is 0 Å². The fourth-order valence-corrected chi connectivity index (χ4v) is 5.58. The first-order valence-electron chi connectivity index (χ1n) is 12.6. The number of rotatable bonds is 5. The van der Waals surface area contributed by atoms with Gasteiger partial charge in [0.1, 0.15) is 5.76 Å². The van der Waals surface area contributed by atoms with Gasteiger partial charge in [-0.2, -0.15) is 0 Å². The Hall–Kier alpha value is -2.54. The number of benzene rings is 2. The summed E-state index contributed by atoms with van der Waals surface area (Å²) >= 11 is 12.3. The quantitative estimate of drug-likeness (QED) is 0.418. The van der Waals surface area contributed by atoms with E-state index in [1.807, 2.05) is 43.3 Å². The summed E-state index contributed by atoms with van der Waals surface area (Å²) in [4.78, 5) is 24.7. The molecule has 3 aromatic rings. The Kier molecular flexibility index (Phi) is 7.56. The molecule has 8 heteroatoms. The molecule has 190 valence electrons. The van der Waals surface area contributed by atoms with Crippen LogP contribution in [0.25, 0.3) is 11.5 Å². The summed E-state index contributed by atoms with van der Waals surface area (Å²) in [5.74, 6) is 1.83. The molecule has 0 aliphatic carbocycles. The molecule has 5 rings (SSSR count). The molecule has 3 heterocycles. The number of aryl methyl sites for hydroxylation is 2. The maximum Gasteiger partial charge on any atom is 0.226 e. The number of aromatic nitrogens is 1. The van der Waals surface area contributed by atoms with Gasteiger partial charge in [-0.25, -0.2) is 4.98 Å². The summed E-state index contributed by atoms with van der Waals surface area (Å²) in [6.45, 7) is 9.76. The van der Waals surface area contributed by atoms with Crippen LogP contribution >= 0.6 is 23.2 Å². The molecule has 1 aromatic heterocycles. The number of carbonyl (C=O) groups excluding carboxylic acids is 1. The third-order valence-corrected chi connectivity index (χ3v) is 7.85. The smallest absolute Gasteiger partial charge is 0.226 e. The molecular formula is C28H32Cl2N4O2. The van der Waals surface area contributed by atoms with Crippen molar-refractivity contribution in [2.45, 2.75) is 33.2 Å². The van der Waals surface area contributed by atoms with Crippen molar-refractivity contribution in [3.05, 3.63) is 69.5 Å². The van der Waals surface area contributed by atoms with Crippen LogP contribution < -0.4 is 4.90 Å². The number of hydrogen-bond acceptors (Lipinski definition) is 5. The van der Waals surface area contributed by atoms with Crippen molar-refractivity contribution in [2.24, 2.45) is 5.92 Å². The van der Waals surface area contributed by atoms with Crippen LogP contribution in [-0.4, -0.2) is 60.0 Å². The van der Waals surface area contributed by atoms with E-state index in [2.05, 4.69) is 27.7 Å². The van der Waals surface area contributed by atoms with Gasteiger partial charge in [-0.15, -0.1) is 0 Å². The number of nitrogens with zero attached hydrogens (tertiary/aromatic N) is 4. The van der Waals surface area contributed by atoms with Gasteiger partial charge in [0.2, 0.25) is 11.8 Å². The van der Waals surface area contributed by atoms with E-state index in [0.717, 1.165) is 80.7 Å². The van der Waals surface area contributed by atoms with Gasteiger partial charge in [0.05, 0.1) is 5.69 Å². The molecule has 0 atom stereocenters. The van der Waals surface area contributed by atoms with Crippen molar-refractivity contribution < 1.29 is 9.21 Å². The van der Waals surface area contributed by atoms with Gasteiger partial charge in [-0.1, -0.05) is 35.3 Å². The highest BCUT2D eigenvalue weighted by Gasteiger charge is 2.31. The molecule has 0 spiro atoms. The number of carbonyl (C=O) groups is 1. The maximum atomic E-state index is 13.3. The summed E-state index contributed by atoms with van der Waals surface area (Å²) in [5, 5.41) is 1.42. The molecule has 0 radical (unpaired) electrons. The molecule has 2 aliphatic rings. The summed E-state index contributed by atoms with van der Waals surface area (Å²) in [5.41, 5.74) is 4.21. The standard InChI is InChI=1S/C28H32Cl2N4O2/c1-19-6-7-24(30)17-26(19)33-12-14-34(15-13-33)28(35)21-8-10-32(11-9-21)18-25-20(2)36-27(31-25)22-4-3-5-23(29)16-22/h3-7,16-17,21H,8-15,18H2,1-2H3. The van der Waals surface area contributed by atoms with Gasteiger partial charge in [0, 0.05) is 59.9 Å². The molecule has 0 saturated carbocycles. The zero-order valence-corrected chi connectivity index (χ0v) is 22.4. The third-order valence-electron chi connectivity index (χ3n) is 7.38. The van der Waals surface area contributed by atoms with Crippen molar-refractivity contribution in [1.29, 1.82) is 0 Å². The van der Waals surface area contributed by atoms with E-state index in [-0.39, 0.29) is 5.92 Å². The monoisotopic (exact) mass is 526 g/mol. The van der Waals surface area contributed by atoms with E-state index >= 15 is 0 Å². The number of hydrogen-bond donors (Lipinski definition) is 0. The highest BCUT2D eigenvalue weighted by Crippen LogP contribution is 2.28. The first-order valence-corrected chi connectivity index (χ1v) is 13.4. The van der Waals surface area contributed by atoms with Crippen molar-refractivity contribution >= 4 is 34.8 Å². The van der Waals surface area contributed by atoms with Gasteiger partial charge < -0.3 is 14.2 Å². The van der Waals surface area contributed by atoms with Gasteiger partial charge in [0.25, 0.3) is 0 Å². The van der Waals surface area contributed by atoms with Crippen LogP contribution in [0.2, 0.25) is 10.0 Å². The molecule has 6 nitrogen and oxygen atoms in total. The van der Waals surface area contributed by atoms with E-state index in [9.17, 15) is 4.79 Å². The number of oxazole rings is 1. The molecule has 0 N–H and O–H groups in total. The van der Waals surface area contributed by atoms with Crippen LogP contribution in [0.15, 0.2) is 46.9 Å². The number of piperazine rings is 1. The first-order chi connectivity index (χ1) is 17.4. The Morgan fingerprint density at radius 3 is 2.42 bits per heavy atom. The van der Waals surface area contributed by atoms with E-state index in [1.165, 1.54) is 11.3 Å². The Morgan fingerprint density at radius 1 is 0.972 bits per heavy atom. The summed E-state index contributed by atoms with van der Waals surface area (Å²) in [6.07, 6.45) is 1.76. The van der Waals surface area contributed by atoms with Gasteiger partial charge in [-0.05, 0) is 75.7 Å². The zero-order valence-electron chi connectivity index (χ0n) is 20.8. The fraction of sp³-hybridized carbons (Fsp3) is 0.429. The van der Waals surface area contributed by atoms with Crippen LogP contribution in [0, 0.1) is 19.8 Å². The average molecular weight is 527 g/mol. The largest absolute Gasteiger partial charge is 0.441 e. The number of halogens is 2. The van der Waals surface area contributed by atoms with Gasteiger partial charge >= 0.3 is 0 Å². The molecule has 2 aliphatic heterocycles. The first kappa shape index (κ1) is 25.1. The van der Waals surface area contributed by atoms with Crippen molar-refractivity contribution in [3.63, 3.8) is 0 Å². The Morgan fingerprint density at radius 2 is 1.69 bits per heavy atom.